The van der Waals surface area contributed by atoms with Crippen LogP contribution < -0.4 is 11.1 Å². The van der Waals surface area contributed by atoms with E-state index in [4.69, 9.17) is 18.0 Å². The van der Waals surface area contributed by atoms with Crippen molar-refractivity contribution in [1.82, 2.24) is 4.90 Å². The summed E-state index contributed by atoms with van der Waals surface area (Å²) in [6, 6.07) is 17.4. The third kappa shape index (κ3) is 4.34. The van der Waals surface area contributed by atoms with E-state index >= 15 is 0 Å². The molecule has 3 rings (SSSR count). The first-order valence-corrected chi connectivity index (χ1v) is 8.96. The fourth-order valence-corrected chi connectivity index (χ4v) is 3.65. The Labute approximate surface area is 149 Å². The predicted octanol–water partition coefficient (Wildman–Crippen LogP) is 3.71. The highest BCUT2D eigenvalue weighted by Gasteiger charge is 2.20. The zero-order valence-corrected chi connectivity index (χ0v) is 15.0. The Bertz CT molecular complexity index is 699. The lowest BCUT2D eigenvalue weighted by atomic mass is 10.0. The number of aryl methyl sites for hydroxylation is 1. The number of thiocarbonyl (C=S) groups is 1. The van der Waals surface area contributed by atoms with E-state index in [9.17, 15) is 0 Å². The molecule has 3 nitrogen and oxygen atoms in total. The second-order valence-corrected chi connectivity index (χ2v) is 7.04. The number of nitrogens with one attached hydrogen (secondary N) is 1. The second kappa shape index (κ2) is 7.77. The molecule has 1 unspecified atom stereocenters. The molecule has 1 saturated heterocycles. The molecule has 1 aliphatic rings. The summed E-state index contributed by atoms with van der Waals surface area (Å²) in [4.78, 5) is 3.00. The maximum Gasteiger partial charge on any atom is 0.104 e. The number of benzene rings is 2. The van der Waals surface area contributed by atoms with Crippen molar-refractivity contribution in [1.29, 1.82) is 0 Å². The first-order valence-electron chi connectivity index (χ1n) is 8.55. The number of hydrogen-bond donors (Lipinski definition) is 2. The molecule has 1 heterocycles. The maximum absolute atomic E-state index is 5.74. The van der Waals surface area contributed by atoms with Gasteiger partial charge in [-0.1, -0.05) is 42.5 Å². The minimum Gasteiger partial charge on any atom is -0.389 e. The number of rotatable bonds is 5. The van der Waals surface area contributed by atoms with E-state index in [0.717, 1.165) is 29.9 Å². The molecule has 0 aromatic heterocycles. The highest BCUT2D eigenvalue weighted by Crippen LogP contribution is 2.20. The van der Waals surface area contributed by atoms with Gasteiger partial charge in [0.2, 0.25) is 0 Å². The van der Waals surface area contributed by atoms with Crippen LogP contribution in [-0.4, -0.2) is 29.0 Å². The Balaban J connectivity index is 1.61. The van der Waals surface area contributed by atoms with Gasteiger partial charge in [-0.05, 0) is 55.6 Å². The van der Waals surface area contributed by atoms with E-state index in [1.54, 1.807) is 0 Å². The summed E-state index contributed by atoms with van der Waals surface area (Å²) >= 11 is 5.08. The van der Waals surface area contributed by atoms with Gasteiger partial charge in [-0.25, -0.2) is 0 Å². The molecule has 1 atom stereocenters. The minimum absolute atomic E-state index is 0.464. The second-order valence-electron chi connectivity index (χ2n) is 6.60. The van der Waals surface area contributed by atoms with Crippen LogP contribution in [0.3, 0.4) is 0 Å². The van der Waals surface area contributed by atoms with Crippen LogP contribution in [-0.2, 0) is 6.54 Å². The van der Waals surface area contributed by atoms with E-state index in [1.807, 2.05) is 6.07 Å². The van der Waals surface area contributed by atoms with E-state index in [0.29, 0.717) is 11.0 Å². The zero-order valence-electron chi connectivity index (χ0n) is 14.2. The van der Waals surface area contributed by atoms with Gasteiger partial charge < -0.3 is 11.1 Å². The Morgan fingerprint density at radius 3 is 2.75 bits per heavy atom. The summed E-state index contributed by atoms with van der Waals surface area (Å²) in [6.45, 7) is 5.33. The van der Waals surface area contributed by atoms with Crippen LogP contribution in [0, 0.1) is 6.92 Å². The minimum atomic E-state index is 0.464. The molecule has 1 aliphatic heterocycles. The van der Waals surface area contributed by atoms with Crippen LogP contribution in [0.15, 0.2) is 48.5 Å². The summed E-state index contributed by atoms with van der Waals surface area (Å²) in [7, 11) is 0. The fraction of sp³-hybridized carbons (Fsp3) is 0.350. The topological polar surface area (TPSA) is 41.3 Å². The average molecular weight is 340 g/mol. The molecular formula is C20H25N3S. The zero-order chi connectivity index (χ0) is 16.9. The molecule has 4 heteroatoms. The summed E-state index contributed by atoms with van der Waals surface area (Å²) in [5.74, 6) is 0. The summed E-state index contributed by atoms with van der Waals surface area (Å²) < 4.78 is 0. The molecule has 0 saturated carbocycles. The summed E-state index contributed by atoms with van der Waals surface area (Å²) in [5.41, 5.74) is 10.4. The molecule has 0 amide bonds. The Hall–Kier alpha value is -1.91. The van der Waals surface area contributed by atoms with Gasteiger partial charge in [0.25, 0.3) is 0 Å². The quantitative estimate of drug-likeness (QED) is 0.815. The van der Waals surface area contributed by atoms with Crippen LogP contribution in [0.5, 0.6) is 0 Å². The molecule has 0 spiro atoms. The van der Waals surface area contributed by atoms with Crippen LogP contribution in [0.25, 0.3) is 0 Å². The Kier molecular flexibility index (Phi) is 5.48. The molecule has 126 valence electrons. The molecule has 0 radical (unpaired) electrons. The molecule has 0 aliphatic carbocycles. The van der Waals surface area contributed by atoms with E-state index in [1.165, 1.54) is 24.9 Å². The van der Waals surface area contributed by atoms with Crippen molar-refractivity contribution in [3.63, 3.8) is 0 Å². The summed E-state index contributed by atoms with van der Waals surface area (Å²) in [5, 5.41) is 3.68. The van der Waals surface area contributed by atoms with Crippen LogP contribution in [0.2, 0.25) is 0 Å². The van der Waals surface area contributed by atoms with Crippen molar-refractivity contribution >= 4 is 22.9 Å². The molecule has 0 bridgehead atoms. The van der Waals surface area contributed by atoms with Crippen molar-refractivity contribution in [2.45, 2.75) is 32.4 Å². The van der Waals surface area contributed by atoms with Crippen LogP contribution >= 0.6 is 12.2 Å². The lowest BCUT2D eigenvalue weighted by Gasteiger charge is -2.33. The van der Waals surface area contributed by atoms with Crippen LogP contribution in [0.4, 0.5) is 5.69 Å². The van der Waals surface area contributed by atoms with Gasteiger partial charge in [0.1, 0.15) is 4.99 Å². The average Bonchev–Trinajstić information content (AvgIpc) is 2.56. The molecule has 24 heavy (non-hydrogen) atoms. The number of nitrogens with two attached hydrogens (primary N) is 1. The number of anilines is 1. The Morgan fingerprint density at radius 1 is 1.25 bits per heavy atom. The fourth-order valence-electron chi connectivity index (χ4n) is 3.42. The van der Waals surface area contributed by atoms with Gasteiger partial charge in [0.15, 0.2) is 0 Å². The maximum atomic E-state index is 5.74. The molecule has 3 N–H and O–H groups in total. The van der Waals surface area contributed by atoms with E-state index in [-0.39, 0.29) is 0 Å². The Morgan fingerprint density at radius 2 is 2.04 bits per heavy atom. The monoisotopic (exact) mass is 339 g/mol. The number of nitrogens with zero attached hydrogens (tertiary/aromatic N) is 1. The third-order valence-corrected chi connectivity index (χ3v) is 4.84. The third-order valence-electron chi connectivity index (χ3n) is 4.62. The number of hydrogen-bond acceptors (Lipinski definition) is 3. The normalized spacial score (nSPS) is 18.3. The van der Waals surface area contributed by atoms with E-state index in [2.05, 4.69) is 59.6 Å². The highest BCUT2D eigenvalue weighted by molar-refractivity contribution is 7.80. The molecule has 2 aromatic rings. The van der Waals surface area contributed by atoms with Crippen molar-refractivity contribution in [2.24, 2.45) is 5.73 Å². The standard InChI is InChI=1S/C20H25N3S/c1-15-12-17(9-10-19(15)20(21)24)22-18-8-5-11-23(14-18)13-16-6-3-2-4-7-16/h2-4,6-7,9-10,12,18,22H,5,8,11,13-14H2,1H3,(H2,21,24). The van der Waals surface area contributed by atoms with Crippen molar-refractivity contribution in [3.8, 4) is 0 Å². The van der Waals surface area contributed by atoms with Gasteiger partial charge in [-0.3, -0.25) is 4.90 Å². The number of likely N-dealkylation sites (tertiary alicyclic amines) is 1. The van der Waals surface area contributed by atoms with Crippen molar-refractivity contribution in [3.05, 3.63) is 65.2 Å². The van der Waals surface area contributed by atoms with Gasteiger partial charge >= 0.3 is 0 Å². The van der Waals surface area contributed by atoms with Crippen LogP contribution in [0.1, 0.15) is 29.5 Å². The largest absolute Gasteiger partial charge is 0.389 e. The van der Waals surface area contributed by atoms with E-state index < -0.39 is 0 Å². The molecule has 2 aromatic carbocycles. The van der Waals surface area contributed by atoms with Crippen molar-refractivity contribution < 1.29 is 0 Å². The SMILES string of the molecule is Cc1cc(NC2CCCN(Cc3ccccc3)C2)ccc1C(N)=S. The van der Waals surface area contributed by atoms with Gasteiger partial charge in [-0.15, -0.1) is 0 Å². The molecule has 1 fully saturated rings. The first-order chi connectivity index (χ1) is 11.6. The lowest BCUT2D eigenvalue weighted by molar-refractivity contribution is 0.208. The van der Waals surface area contributed by atoms with Gasteiger partial charge in [0, 0.05) is 30.4 Å². The van der Waals surface area contributed by atoms with Gasteiger partial charge in [0.05, 0.1) is 0 Å². The predicted molar refractivity (Wildman–Crippen MR) is 105 cm³/mol. The smallest absolute Gasteiger partial charge is 0.104 e. The molecular weight excluding hydrogens is 314 g/mol. The first kappa shape index (κ1) is 16.9. The number of piperidine rings is 1. The lowest BCUT2D eigenvalue weighted by Crippen LogP contribution is -2.41. The van der Waals surface area contributed by atoms with Gasteiger partial charge in [-0.2, -0.15) is 0 Å². The highest BCUT2D eigenvalue weighted by atomic mass is 32.1. The summed E-state index contributed by atoms with van der Waals surface area (Å²) in [6.07, 6.45) is 2.44. The van der Waals surface area contributed by atoms with Crippen molar-refractivity contribution in [2.75, 3.05) is 18.4 Å².